The molecule has 27 heavy (non-hydrogen) atoms. The highest BCUT2D eigenvalue weighted by molar-refractivity contribution is 5.92. The van der Waals surface area contributed by atoms with E-state index < -0.39 is 24.5 Å². The van der Waals surface area contributed by atoms with Crippen LogP contribution in [0.2, 0.25) is 0 Å². The Kier molecular flexibility index (Phi) is 4.88. The number of esters is 1. The van der Waals surface area contributed by atoms with Gasteiger partial charge in [0.2, 0.25) is 0 Å². The van der Waals surface area contributed by atoms with E-state index in [1.54, 1.807) is 30.3 Å². The van der Waals surface area contributed by atoms with Crippen LogP contribution in [-0.4, -0.2) is 30.9 Å². The summed E-state index contributed by atoms with van der Waals surface area (Å²) in [6.07, 6.45) is 1.05. The zero-order valence-electron chi connectivity index (χ0n) is 14.4. The highest BCUT2D eigenvalue weighted by Crippen LogP contribution is 2.32. The molecule has 2 aromatic rings. The van der Waals surface area contributed by atoms with Gasteiger partial charge >= 0.3 is 5.97 Å². The number of hydrogen-bond donors (Lipinski definition) is 0. The topological polar surface area (TPSA) is 77.8 Å². The molecule has 2 aliphatic heterocycles. The van der Waals surface area contributed by atoms with Gasteiger partial charge in [-0.1, -0.05) is 42.5 Å². The van der Waals surface area contributed by atoms with E-state index in [4.69, 9.17) is 18.9 Å². The smallest absolute Gasteiger partial charge is 0.340 e. The minimum Gasteiger partial charge on any atom is -0.493 e. The molecule has 0 radical (unpaired) electrons. The average Bonchev–Trinajstić information content (AvgIpc) is 2.74. The Morgan fingerprint density at radius 3 is 2.70 bits per heavy atom. The molecule has 0 aromatic heterocycles. The predicted molar refractivity (Wildman–Crippen MR) is 94.4 cm³/mol. The Morgan fingerprint density at radius 1 is 1.11 bits per heavy atom. The van der Waals surface area contributed by atoms with Crippen LogP contribution in [0, 0.1) is 11.3 Å². The van der Waals surface area contributed by atoms with Gasteiger partial charge in [-0.2, -0.15) is 5.26 Å². The molecule has 0 bridgehead atoms. The lowest BCUT2D eigenvalue weighted by molar-refractivity contribution is -0.276. The molecule has 2 heterocycles. The summed E-state index contributed by atoms with van der Waals surface area (Å²) in [6.45, 7) is 0.317. The van der Waals surface area contributed by atoms with Crippen molar-refractivity contribution in [3.8, 4) is 6.07 Å². The van der Waals surface area contributed by atoms with Gasteiger partial charge < -0.3 is 18.9 Å². The minimum absolute atomic E-state index is 0.225. The fraction of sp³-hybridized carbons (Fsp3) is 0.238. The van der Waals surface area contributed by atoms with Crippen molar-refractivity contribution in [1.29, 1.82) is 5.26 Å². The zero-order chi connectivity index (χ0) is 18.6. The van der Waals surface area contributed by atoms with Crippen LogP contribution in [-0.2, 0) is 18.9 Å². The molecule has 1 fully saturated rings. The first-order valence-corrected chi connectivity index (χ1v) is 8.60. The highest BCUT2D eigenvalue weighted by Gasteiger charge is 2.42. The van der Waals surface area contributed by atoms with Crippen molar-refractivity contribution in [2.75, 3.05) is 6.61 Å². The summed E-state index contributed by atoms with van der Waals surface area (Å²) in [7, 11) is 0. The Labute approximate surface area is 156 Å². The lowest BCUT2D eigenvalue weighted by Crippen LogP contribution is -2.50. The first-order chi connectivity index (χ1) is 13.3. The summed E-state index contributed by atoms with van der Waals surface area (Å²) >= 11 is 0. The Bertz CT molecular complexity index is 889. The molecule has 6 heteroatoms. The Hall–Kier alpha value is -3.14. The van der Waals surface area contributed by atoms with E-state index in [-0.39, 0.29) is 17.2 Å². The quantitative estimate of drug-likeness (QED) is 0.780. The maximum Gasteiger partial charge on any atom is 0.340 e. The summed E-state index contributed by atoms with van der Waals surface area (Å²) < 4.78 is 23.0. The number of carbonyl (C=O) groups is 1. The van der Waals surface area contributed by atoms with Gasteiger partial charge in [-0.05, 0) is 18.2 Å². The molecule has 1 saturated heterocycles. The van der Waals surface area contributed by atoms with Crippen molar-refractivity contribution in [3.63, 3.8) is 0 Å². The number of fused-ring (bicyclic) bond motifs is 1. The van der Waals surface area contributed by atoms with Gasteiger partial charge in [0, 0.05) is 5.56 Å². The highest BCUT2D eigenvalue weighted by atomic mass is 16.7. The molecule has 0 amide bonds. The standard InChI is InChI=1S/C21H17NO5/c22-12-15-8-4-5-9-16(15)20(23)26-17-10-11-24-18-13-25-21(27-19(17)18)14-6-2-1-3-7-14/h1-11,17-19,21H,13H2/t17-,18-,19+,21?/m1/s1. The van der Waals surface area contributed by atoms with E-state index in [0.717, 1.165) is 5.56 Å². The van der Waals surface area contributed by atoms with E-state index in [1.165, 1.54) is 6.26 Å². The summed E-state index contributed by atoms with van der Waals surface area (Å²) in [5, 5.41) is 9.19. The summed E-state index contributed by atoms with van der Waals surface area (Å²) in [5.41, 5.74) is 1.37. The van der Waals surface area contributed by atoms with Crippen LogP contribution < -0.4 is 0 Å². The predicted octanol–water partition coefficient (Wildman–Crippen LogP) is 3.11. The zero-order valence-corrected chi connectivity index (χ0v) is 14.4. The summed E-state index contributed by atoms with van der Waals surface area (Å²) in [6, 6.07) is 18.1. The number of benzene rings is 2. The number of nitrogens with zero attached hydrogens (tertiary/aromatic N) is 1. The molecular formula is C21H17NO5. The molecule has 6 nitrogen and oxygen atoms in total. The van der Waals surface area contributed by atoms with Crippen molar-refractivity contribution in [2.45, 2.75) is 24.6 Å². The van der Waals surface area contributed by atoms with Crippen LogP contribution in [0.3, 0.4) is 0 Å². The third-order valence-electron chi connectivity index (χ3n) is 4.49. The van der Waals surface area contributed by atoms with E-state index in [9.17, 15) is 10.1 Å². The fourth-order valence-electron chi connectivity index (χ4n) is 3.12. The van der Waals surface area contributed by atoms with Crippen LogP contribution in [0.4, 0.5) is 0 Å². The normalized spacial score (nSPS) is 26.3. The monoisotopic (exact) mass is 363 g/mol. The molecule has 2 aliphatic rings. The maximum absolute atomic E-state index is 12.6. The Balaban J connectivity index is 1.52. The van der Waals surface area contributed by atoms with Crippen LogP contribution in [0.15, 0.2) is 66.9 Å². The number of carbonyl (C=O) groups excluding carboxylic acids is 1. The summed E-state index contributed by atoms with van der Waals surface area (Å²) in [4.78, 5) is 12.6. The fourth-order valence-corrected chi connectivity index (χ4v) is 3.12. The average molecular weight is 363 g/mol. The number of nitriles is 1. The van der Waals surface area contributed by atoms with Crippen LogP contribution >= 0.6 is 0 Å². The van der Waals surface area contributed by atoms with Gasteiger partial charge in [-0.3, -0.25) is 0 Å². The van der Waals surface area contributed by atoms with Crippen molar-refractivity contribution in [3.05, 3.63) is 83.6 Å². The van der Waals surface area contributed by atoms with Crippen LogP contribution in [0.5, 0.6) is 0 Å². The number of rotatable bonds is 3. The molecule has 0 saturated carbocycles. The van der Waals surface area contributed by atoms with Gasteiger partial charge in [0.25, 0.3) is 0 Å². The lowest BCUT2D eigenvalue weighted by atomic mass is 10.0. The molecule has 4 atom stereocenters. The second-order valence-electron chi connectivity index (χ2n) is 6.21. The molecule has 2 aromatic carbocycles. The van der Waals surface area contributed by atoms with Crippen molar-refractivity contribution < 1.29 is 23.7 Å². The third-order valence-corrected chi connectivity index (χ3v) is 4.49. The van der Waals surface area contributed by atoms with Crippen molar-refractivity contribution in [1.82, 2.24) is 0 Å². The Morgan fingerprint density at radius 2 is 1.89 bits per heavy atom. The van der Waals surface area contributed by atoms with E-state index in [2.05, 4.69) is 0 Å². The van der Waals surface area contributed by atoms with Gasteiger partial charge in [0.05, 0.1) is 24.0 Å². The van der Waals surface area contributed by atoms with Gasteiger partial charge in [-0.15, -0.1) is 0 Å². The molecule has 0 aliphatic carbocycles. The molecule has 136 valence electrons. The maximum atomic E-state index is 12.6. The second kappa shape index (κ2) is 7.62. The van der Waals surface area contributed by atoms with E-state index in [0.29, 0.717) is 6.61 Å². The first kappa shape index (κ1) is 17.3. The molecule has 0 spiro atoms. The molecule has 1 unspecified atom stereocenters. The lowest BCUT2D eigenvalue weighted by Gasteiger charge is -2.40. The van der Waals surface area contributed by atoms with Crippen molar-refractivity contribution in [2.24, 2.45) is 0 Å². The molecule has 4 rings (SSSR count). The van der Waals surface area contributed by atoms with Crippen LogP contribution in [0.25, 0.3) is 0 Å². The summed E-state index contributed by atoms with van der Waals surface area (Å²) in [5.74, 6) is -0.575. The number of ether oxygens (including phenoxy) is 4. The van der Waals surface area contributed by atoms with Crippen LogP contribution in [0.1, 0.15) is 27.8 Å². The molecular weight excluding hydrogens is 346 g/mol. The second-order valence-corrected chi connectivity index (χ2v) is 6.21. The number of hydrogen-bond acceptors (Lipinski definition) is 6. The van der Waals surface area contributed by atoms with Gasteiger partial charge in [0.1, 0.15) is 12.2 Å². The first-order valence-electron chi connectivity index (χ1n) is 8.60. The SMILES string of the molecule is N#Cc1ccccc1C(=O)O[C@@H]1C=CO[C@@H]2COC(c3ccccc3)O[C@@H]12. The van der Waals surface area contributed by atoms with Gasteiger partial charge in [0.15, 0.2) is 18.5 Å². The van der Waals surface area contributed by atoms with E-state index in [1.807, 2.05) is 36.4 Å². The van der Waals surface area contributed by atoms with Crippen molar-refractivity contribution >= 4 is 5.97 Å². The molecule has 0 N–H and O–H groups in total. The largest absolute Gasteiger partial charge is 0.493 e. The third kappa shape index (κ3) is 3.56. The van der Waals surface area contributed by atoms with E-state index >= 15 is 0 Å². The van der Waals surface area contributed by atoms with Gasteiger partial charge in [-0.25, -0.2) is 4.79 Å². The minimum atomic E-state index is -0.641.